The second-order valence-corrected chi connectivity index (χ2v) is 4.14. The van der Waals surface area contributed by atoms with E-state index in [-0.39, 0.29) is 11.9 Å². The molecule has 1 rings (SSSR count). The predicted octanol–water partition coefficient (Wildman–Crippen LogP) is 1.15. The van der Waals surface area contributed by atoms with Crippen molar-refractivity contribution in [3.05, 3.63) is 0 Å². The van der Waals surface area contributed by atoms with Crippen molar-refractivity contribution in [3.63, 3.8) is 0 Å². The zero-order valence-corrected chi connectivity index (χ0v) is 10.1. The molecular formula is C11H19N3O3. The topological polar surface area (TPSA) is 93.8 Å². The van der Waals surface area contributed by atoms with Gasteiger partial charge in [-0.15, -0.1) is 0 Å². The zero-order valence-electron chi connectivity index (χ0n) is 10.1. The summed E-state index contributed by atoms with van der Waals surface area (Å²) in [6, 6.07) is -0.658. The molecule has 3 N–H and O–H groups in total. The van der Waals surface area contributed by atoms with Gasteiger partial charge in [-0.1, -0.05) is 6.42 Å². The van der Waals surface area contributed by atoms with Gasteiger partial charge in [0, 0.05) is 12.1 Å². The molecule has 0 aromatic heterocycles. The van der Waals surface area contributed by atoms with Crippen molar-refractivity contribution in [2.24, 2.45) is 16.8 Å². The average molecular weight is 241 g/mol. The molecule has 1 aliphatic carbocycles. The maximum atomic E-state index is 11.1. The molecule has 0 spiro atoms. The van der Waals surface area contributed by atoms with Crippen LogP contribution in [0, 0.1) is 5.92 Å². The van der Waals surface area contributed by atoms with Crippen LogP contribution >= 0.6 is 0 Å². The second kappa shape index (κ2) is 6.88. The molecule has 6 heteroatoms. The maximum Gasteiger partial charge on any atom is 0.332 e. The highest BCUT2D eigenvalue weighted by atomic mass is 16.5. The lowest BCUT2D eigenvalue weighted by Gasteiger charge is -2.23. The van der Waals surface area contributed by atoms with E-state index in [0.29, 0.717) is 12.8 Å². The molecule has 1 fully saturated rings. The van der Waals surface area contributed by atoms with Crippen LogP contribution in [-0.2, 0) is 9.53 Å². The Hall–Kier alpha value is -1.59. The summed E-state index contributed by atoms with van der Waals surface area (Å²) in [6.45, 7) is 0. The van der Waals surface area contributed by atoms with Gasteiger partial charge in [-0.25, -0.2) is 10.2 Å². The van der Waals surface area contributed by atoms with Gasteiger partial charge >= 0.3 is 12.0 Å². The summed E-state index contributed by atoms with van der Waals surface area (Å²) in [7, 11) is 1.38. The average Bonchev–Trinajstić information content (AvgIpc) is 2.34. The van der Waals surface area contributed by atoms with Gasteiger partial charge in [0.25, 0.3) is 0 Å². The van der Waals surface area contributed by atoms with Crippen molar-refractivity contribution in [1.29, 1.82) is 0 Å². The molecule has 1 atom stereocenters. The lowest BCUT2D eigenvalue weighted by Crippen LogP contribution is -2.29. The van der Waals surface area contributed by atoms with Crippen molar-refractivity contribution >= 4 is 17.7 Å². The first-order valence-electron chi connectivity index (χ1n) is 5.82. The number of methoxy groups -OCH3 is 1. The van der Waals surface area contributed by atoms with E-state index in [1.807, 2.05) is 0 Å². The third-order valence-corrected chi connectivity index (χ3v) is 2.94. The van der Waals surface area contributed by atoms with Crippen LogP contribution in [0.3, 0.4) is 0 Å². The second-order valence-electron chi connectivity index (χ2n) is 4.14. The van der Waals surface area contributed by atoms with Crippen LogP contribution in [0.5, 0.6) is 0 Å². The first-order chi connectivity index (χ1) is 8.13. The van der Waals surface area contributed by atoms with Crippen LogP contribution < -0.4 is 11.2 Å². The van der Waals surface area contributed by atoms with E-state index in [2.05, 4.69) is 15.3 Å². The number of rotatable bonds is 4. The highest BCUT2D eigenvalue weighted by molar-refractivity contribution is 5.88. The van der Waals surface area contributed by atoms with Gasteiger partial charge in [0.1, 0.15) is 0 Å². The van der Waals surface area contributed by atoms with Gasteiger partial charge in [-0.05, 0) is 31.6 Å². The van der Waals surface area contributed by atoms with Gasteiger partial charge in [0.05, 0.1) is 7.11 Å². The van der Waals surface area contributed by atoms with E-state index in [0.717, 1.165) is 31.4 Å². The van der Waals surface area contributed by atoms with Crippen LogP contribution in [0.15, 0.2) is 5.10 Å². The van der Waals surface area contributed by atoms with Crippen molar-refractivity contribution in [2.75, 3.05) is 7.11 Å². The Bertz CT molecular complexity index is 315. The van der Waals surface area contributed by atoms with Gasteiger partial charge in [-0.3, -0.25) is 4.79 Å². The summed E-state index contributed by atoms with van der Waals surface area (Å²) in [5.74, 6) is 0.0347. The highest BCUT2D eigenvalue weighted by Crippen LogP contribution is 2.25. The molecular weight excluding hydrogens is 222 g/mol. The summed E-state index contributed by atoms with van der Waals surface area (Å²) < 4.78 is 4.61. The molecule has 0 aromatic rings. The molecule has 96 valence electrons. The van der Waals surface area contributed by atoms with E-state index in [4.69, 9.17) is 5.73 Å². The number of nitrogens with zero attached hydrogens (tertiary/aromatic N) is 1. The molecule has 0 radical (unpaired) electrons. The molecule has 0 saturated heterocycles. The summed E-state index contributed by atoms with van der Waals surface area (Å²) in [5.41, 5.74) is 8.15. The van der Waals surface area contributed by atoms with Gasteiger partial charge in [-0.2, -0.15) is 5.10 Å². The highest BCUT2D eigenvalue weighted by Gasteiger charge is 2.21. The smallest absolute Gasteiger partial charge is 0.332 e. The first-order valence-corrected chi connectivity index (χ1v) is 5.82. The number of carbonyl (C=O) groups is 2. The number of hydrogen-bond donors (Lipinski definition) is 2. The van der Waals surface area contributed by atoms with E-state index >= 15 is 0 Å². The Balaban J connectivity index is 2.50. The Morgan fingerprint density at radius 2 is 2.29 bits per heavy atom. The Morgan fingerprint density at radius 1 is 1.53 bits per heavy atom. The molecule has 17 heavy (non-hydrogen) atoms. The number of amides is 2. The number of esters is 1. The lowest BCUT2D eigenvalue weighted by molar-refractivity contribution is -0.140. The Morgan fingerprint density at radius 3 is 2.94 bits per heavy atom. The summed E-state index contributed by atoms with van der Waals surface area (Å²) in [5, 5.41) is 4.01. The van der Waals surface area contributed by atoms with E-state index in [1.54, 1.807) is 0 Å². The monoisotopic (exact) mass is 241 g/mol. The van der Waals surface area contributed by atoms with Crippen molar-refractivity contribution in [1.82, 2.24) is 5.43 Å². The van der Waals surface area contributed by atoms with Crippen molar-refractivity contribution < 1.29 is 14.3 Å². The third-order valence-electron chi connectivity index (χ3n) is 2.94. The number of nitrogens with two attached hydrogens (primary N) is 1. The normalized spacial score (nSPS) is 22.2. The molecule has 0 aliphatic heterocycles. The number of urea groups is 1. The number of nitrogens with one attached hydrogen (secondary N) is 1. The molecule has 1 saturated carbocycles. The number of primary amides is 1. The molecule has 0 bridgehead atoms. The largest absolute Gasteiger partial charge is 0.469 e. The minimum atomic E-state index is -0.658. The van der Waals surface area contributed by atoms with E-state index in [9.17, 15) is 9.59 Å². The van der Waals surface area contributed by atoms with Gasteiger partial charge < -0.3 is 10.5 Å². The fourth-order valence-electron chi connectivity index (χ4n) is 2.05. The molecule has 1 aliphatic rings. The number of hydrazone groups is 1. The quantitative estimate of drug-likeness (QED) is 0.571. The summed E-state index contributed by atoms with van der Waals surface area (Å²) in [4.78, 5) is 21.7. The fraction of sp³-hybridized carbons (Fsp3) is 0.727. The van der Waals surface area contributed by atoms with Crippen LogP contribution in [-0.4, -0.2) is 24.8 Å². The Labute approximate surface area is 101 Å². The first kappa shape index (κ1) is 13.5. The number of carbonyl (C=O) groups excluding carboxylic acids is 2. The van der Waals surface area contributed by atoms with E-state index in [1.165, 1.54) is 7.11 Å². The number of ether oxygens (including phenoxy) is 1. The lowest BCUT2D eigenvalue weighted by atomic mass is 9.84. The summed E-state index contributed by atoms with van der Waals surface area (Å²) in [6.07, 6.45) is 5.14. The maximum absolute atomic E-state index is 11.1. The minimum absolute atomic E-state index is 0.210. The number of hydrogen-bond acceptors (Lipinski definition) is 4. The SMILES string of the molecule is COC(=O)CC[C@H]1CCCCC1=NNC(N)=O. The minimum Gasteiger partial charge on any atom is -0.469 e. The van der Waals surface area contributed by atoms with E-state index < -0.39 is 6.03 Å². The van der Waals surface area contributed by atoms with Crippen LogP contribution in [0.4, 0.5) is 4.79 Å². The summed E-state index contributed by atoms with van der Waals surface area (Å²) >= 11 is 0. The standard InChI is InChI=1S/C11H19N3O3/c1-17-10(15)7-6-8-4-2-3-5-9(8)13-14-11(12)16/h8H,2-7H2,1H3,(H3,12,14,16)/t8-/m1/s1. The fourth-order valence-corrected chi connectivity index (χ4v) is 2.05. The van der Waals surface area contributed by atoms with Gasteiger partial charge in [0.15, 0.2) is 0 Å². The molecule has 0 unspecified atom stereocenters. The molecule has 2 amide bonds. The predicted molar refractivity (Wildman–Crippen MR) is 63.4 cm³/mol. The van der Waals surface area contributed by atoms with Crippen molar-refractivity contribution in [2.45, 2.75) is 38.5 Å². The zero-order chi connectivity index (χ0) is 12.7. The third kappa shape index (κ3) is 4.84. The Kier molecular flexibility index (Phi) is 5.45. The van der Waals surface area contributed by atoms with Crippen LogP contribution in [0.2, 0.25) is 0 Å². The van der Waals surface area contributed by atoms with Crippen LogP contribution in [0.25, 0.3) is 0 Å². The molecule has 6 nitrogen and oxygen atoms in total. The van der Waals surface area contributed by atoms with Crippen LogP contribution in [0.1, 0.15) is 38.5 Å². The van der Waals surface area contributed by atoms with Gasteiger partial charge in [0.2, 0.25) is 0 Å². The molecule has 0 aromatic carbocycles. The molecule has 0 heterocycles. The van der Waals surface area contributed by atoms with Crippen molar-refractivity contribution in [3.8, 4) is 0 Å².